The fourth-order valence-corrected chi connectivity index (χ4v) is 2.74. The van der Waals surface area contributed by atoms with Crippen LogP contribution in [0.25, 0.3) is 0 Å². The summed E-state index contributed by atoms with van der Waals surface area (Å²) in [4.78, 5) is 35.8. The SMILES string of the molecule is COC(=O)C(C(=O)OC)[C@H](CC(C)=O)c1cccs1. The van der Waals surface area contributed by atoms with Crippen LogP contribution in [0.1, 0.15) is 24.1 Å². The molecular formula is C13H16O5S. The van der Waals surface area contributed by atoms with Crippen LogP contribution in [-0.2, 0) is 23.9 Å². The molecule has 0 saturated heterocycles. The van der Waals surface area contributed by atoms with Gasteiger partial charge in [0.05, 0.1) is 14.2 Å². The molecular weight excluding hydrogens is 268 g/mol. The summed E-state index contributed by atoms with van der Waals surface area (Å²) in [7, 11) is 2.41. The van der Waals surface area contributed by atoms with Crippen molar-refractivity contribution < 1.29 is 23.9 Å². The molecule has 1 heterocycles. The van der Waals surface area contributed by atoms with Gasteiger partial charge in [-0.05, 0) is 18.4 Å². The van der Waals surface area contributed by atoms with Crippen LogP contribution in [0.15, 0.2) is 17.5 Å². The third kappa shape index (κ3) is 3.89. The van der Waals surface area contributed by atoms with E-state index >= 15 is 0 Å². The van der Waals surface area contributed by atoms with Crippen LogP contribution < -0.4 is 0 Å². The molecule has 0 aliphatic rings. The number of Topliss-reactive ketones (excluding diaryl/α,β-unsaturated/α-hetero) is 1. The van der Waals surface area contributed by atoms with Gasteiger partial charge in [0.2, 0.25) is 0 Å². The molecule has 5 nitrogen and oxygen atoms in total. The van der Waals surface area contributed by atoms with E-state index < -0.39 is 23.8 Å². The van der Waals surface area contributed by atoms with Gasteiger partial charge in [0.1, 0.15) is 5.78 Å². The number of carbonyl (C=O) groups is 3. The van der Waals surface area contributed by atoms with Crippen molar-refractivity contribution in [1.82, 2.24) is 0 Å². The molecule has 104 valence electrons. The lowest BCUT2D eigenvalue weighted by Crippen LogP contribution is -2.32. The Morgan fingerprint density at radius 3 is 2.16 bits per heavy atom. The zero-order valence-electron chi connectivity index (χ0n) is 11.0. The molecule has 6 heteroatoms. The minimum Gasteiger partial charge on any atom is -0.468 e. The van der Waals surface area contributed by atoms with Crippen molar-refractivity contribution >= 4 is 29.1 Å². The van der Waals surface area contributed by atoms with Crippen LogP contribution >= 0.6 is 11.3 Å². The van der Waals surface area contributed by atoms with Crippen molar-refractivity contribution in [2.75, 3.05) is 14.2 Å². The van der Waals surface area contributed by atoms with Crippen molar-refractivity contribution in [3.05, 3.63) is 22.4 Å². The highest BCUT2D eigenvalue weighted by Gasteiger charge is 2.38. The first-order valence-corrected chi connectivity index (χ1v) is 6.57. The molecule has 1 atom stereocenters. The predicted octanol–water partition coefficient (Wildman–Crippen LogP) is 1.77. The molecule has 0 saturated carbocycles. The van der Waals surface area contributed by atoms with Crippen molar-refractivity contribution in [3.63, 3.8) is 0 Å². The van der Waals surface area contributed by atoms with Crippen molar-refractivity contribution in [3.8, 4) is 0 Å². The van der Waals surface area contributed by atoms with Gasteiger partial charge in [0.15, 0.2) is 5.92 Å². The number of hydrogen-bond acceptors (Lipinski definition) is 6. The lowest BCUT2D eigenvalue weighted by Gasteiger charge is -2.21. The molecule has 1 aromatic heterocycles. The second kappa shape index (κ2) is 7.04. The van der Waals surface area contributed by atoms with Crippen LogP contribution in [-0.4, -0.2) is 31.9 Å². The van der Waals surface area contributed by atoms with E-state index in [1.807, 2.05) is 5.38 Å². The number of thiophene rings is 1. The second-order valence-electron chi connectivity index (χ2n) is 4.05. The van der Waals surface area contributed by atoms with E-state index in [0.717, 1.165) is 4.88 Å². The number of rotatable bonds is 6. The van der Waals surface area contributed by atoms with Crippen LogP contribution in [0.3, 0.4) is 0 Å². The summed E-state index contributed by atoms with van der Waals surface area (Å²) in [5.41, 5.74) is 0. The van der Waals surface area contributed by atoms with Gasteiger partial charge in [0.25, 0.3) is 0 Å². The van der Waals surface area contributed by atoms with Gasteiger partial charge in [-0.15, -0.1) is 11.3 Å². The van der Waals surface area contributed by atoms with E-state index in [1.165, 1.54) is 32.5 Å². The highest BCUT2D eigenvalue weighted by atomic mass is 32.1. The van der Waals surface area contributed by atoms with E-state index in [-0.39, 0.29) is 12.2 Å². The van der Waals surface area contributed by atoms with E-state index in [9.17, 15) is 14.4 Å². The number of methoxy groups -OCH3 is 2. The maximum absolute atomic E-state index is 11.8. The maximum atomic E-state index is 11.8. The average Bonchev–Trinajstić information content (AvgIpc) is 2.90. The molecule has 0 spiro atoms. The zero-order chi connectivity index (χ0) is 14.4. The molecule has 0 amide bonds. The standard InChI is InChI=1S/C13H16O5S/c1-8(14)7-9(10-5-4-6-19-10)11(12(15)17-2)13(16)18-3/h4-6,9,11H,7H2,1-3H3/t9-/m1/s1. The summed E-state index contributed by atoms with van der Waals surface area (Å²) in [5, 5.41) is 1.83. The number of esters is 2. The molecule has 0 N–H and O–H groups in total. The maximum Gasteiger partial charge on any atom is 0.320 e. The fourth-order valence-electron chi connectivity index (χ4n) is 1.87. The van der Waals surface area contributed by atoms with Crippen molar-refractivity contribution in [2.45, 2.75) is 19.3 Å². The third-order valence-corrected chi connectivity index (χ3v) is 3.73. The van der Waals surface area contributed by atoms with Gasteiger partial charge in [-0.3, -0.25) is 9.59 Å². The van der Waals surface area contributed by atoms with Gasteiger partial charge < -0.3 is 14.3 Å². The summed E-state index contributed by atoms with van der Waals surface area (Å²) in [6.45, 7) is 1.42. The quantitative estimate of drug-likeness (QED) is 0.588. The lowest BCUT2D eigenvalue weighted by atomic mass is 9.86. The van der Waals surface area contributed by atoms with Crippen molar-refractivity contribution in [1.29, 1.82) is 0 Å². The average molecular weight is 284 g/mol. The molecule has 19 heavy (non-hydrogen) atoms. The highest BCUT2D eigenvalue weighted by molar-refractivity contribution is 7.10. The normalized spacial score (nSPS) is 12.0. The molecule has 0 fully saturated rings. The molecule has 0 aliphatic heterocycles. The largest absolute Gasteiger partial charge is 0.468 e. The van der Waals surface area contributed by atoms with Crippen LogP contribution in [0.5, 0.6) is 0 Å². The Balaban J connectivity index is 3.13. The Labute approximate surface area is 115 Å². The molecule has 0 aromatic carbocycles. The highest BCUT2D eigenvalue weighted by Crippen LogP contribution is 2.33. The molecule has 0 aliphatic carbocycles. The number of carbonyl (C=O) groups excluding carboxylic acids is 3. The number of hydrogen-bond donors (Lipinski definition) is 0. The van der Waals surface area contributed by atoms with E-state index in [2.05, 4.69) is 9.47 Å². The van der Waals surface area contributed by atoms with Crippen molar-refractivity contribution in [2.24, 2.45) is 5.92 Å². The fraction of sp³-hybridized carbons (Fsp3) is 0.462. The molecule has 0 unspecified atom stereocenters. The first kappa shape index (κ1) is 15.4. The topological polar surface area (TPSA) is 69.7 Å². The zero-order valence-corrected chi connectivity index (χ0v) is 11.9. The first-order chi connectivity index (χ1) is 9.01. The molecule has 1 rings (SSSR count). The molecule has 0 bridgehead atoms. The monoisotopic (exact) mass is 284 g/mol. The minimum atomic E-state index is -1.11. The predicted molar refractivity (Wildman–Crippen MR) is 69.9 cm³/mol. The minimum absolute atomic E-state index is 0.0926. The Morgan fingerprint density at radius 1 is 1.21 bits per heavy atom. The number of ketones is 1. The molecule has 0 radical (unpaired) electrons. The smallest absolute Gasteiger partial charge is 0.320 e. The summed E-state index contributed by atoms with van der Waals surface area (Å²) in [5.74, 6) is -3.14. The van der Waals surface area contributed by atoms with Crippen LogP contribution in [0.4, 0.5) is 0 Å². The Bertz CT molecular complexity index is 436. The van der Waals surface area contributed by atoms with E-state index in [4.69, 9.17) is 0 Å². The Hall–Kier alpha value is -1.69. The Kier molecular flexibility index (Phi) is 5.69. The summed E-state index contributed by atoms with van der Waals surface area (Å²) in [6, 6.07) is 3.59. The van der Waals surface area contributed by atoms with Crippen LogP contribution in [0, 0.1) is 5.92 Å². The summed E-state index contributed by atoms with van der Waals surface area (Å²) < 4.78 is 9.30. The van der Waals surface area contributed by atoms with Gasteiger partial charge in [-0.25, -0.2) is 0 Å². The van der Waals surface area contributed by atoms with Gasteiger partial charge in [-0.2, -0.15) is 0 Å². The van der Waals surface area contributed by atoms with E-state index in [0.29, 0.717) is 0 Å². The Morgan fingerprint density at radius 2 is 1.79 bits per heavy atom. The van der Waals surface area contributed by atoms with E-state index in [1.54, 1.807) is 12.1 Å². The first-order valence-electron chi connectivity index (χ1n) is 5.69. The van der Waals surface area contributed by atoms with Gasteiger partial charge in [0, 0.05) is 17.2 Å². The third-order valence-electron chi connectivity index (χ3n) is 2.73. The van der Waals surface area contributed by atoms with Gasteiger partial charge >= 0.3 is 11.9 Å². The second-order valence-corrected chi connectivity index (χ2v) is 5.03. The van der Waals surface area contributed by atoms with Gasteiger partial charge in [-0.1, -0.05) is 6.07 Å². The van der Waals surface area contributed by atoms with Crippen LogP contribution in [0.2, 0.25) is 0 Å². The lowest BCUT2D eigenvalue weighted by molar-refractivity contribution is -0.160. The summed E-state index contributed by atoms with van der Waals surface area (Å²) in [6.07, 6.45) is 0.0926. The number of ether oxygens (including phenoxy) is 2. The summed E-state index contributed by atoms with van der Waals surface area (Å²) >= 11 is 1.39. The molecule has 1 aromatic rings.